The molecule has 2 rings (SSSR count). The summed E-state index contributed by atoms with van der Waals surface area (Å²) in [5.41, 5.74) is 0.312. The van der Waals surface area contributed by atoms with E-state index in [9.17, 15) is 18.5 Å². The van der Waals surface area contributed by atoms with Crippen LogP contribution in [0.3, 0.4) is 0 Å². The van der Waals surface area contributed by atoms with Gasteiger partial charge in [0.15, 0.2) is 5.75 Å². The van der Waals surface area contributed by atoms with Crippen LogP contribution >= 0.6 is 0 Å². The molecule has 0 amide bonds. The molecule has 0 atom stereocenters. The van der Waals surface area contributed by atoms with Gasteiger partial charge in [-0.05, 0) is 18.2 Å². The van der Waals surface area contributed by atoms with Crippen LogP contribution in [0.4, 0.5) is 5.69 Å². The van der Waals surface area contributed by atoms with Crippen LogP contribution in [0.5, 0.6) is 11.5 Å². The Morgan fingerprint density at radius 1 is 1.07 bits per heavy atom. The molecule has 0 aliphatic heterocycles. The van der Waals surface area contributed by atoms with Crippen LogP contribution in [0.2, 0.25) is 0 Å². The monoisotopic (exact) mass is 394 g/mol. The summed E-state index contributed by atoms with van der Waals surface area (Å²) in [7, 11) is -2.28. The van der Waals surface area contributed by atoms with E-state index >= 15 is 0 Å². The minimum Gasteiger partial charge on any atom is -0.496 e. The number of nitro groups is 1. The van der Waals surface area contributed by atoms with Crippen LogP contribution in [0.1, 0.15) is 19.4 Å². The van der Waals surface area contributed by atoms with E-state index in [1.807, 2.05) is 0 Å². The number of nitrogens with zero attached hydrogens (tertiary/aromatic N) is 2. The lowest BCUT2D eigenvalue weighted by atomic mass is 10.2. The molecular formula is C18H22N2O6S. The summed E-state index contributed by atoms with van der Waals surface area (Å²) < 4.78 is 37.2. The molecule has 0 bridgehead atoms. The third-order valence-electron chi connectivity index (χ3n) is 4.05. The number of rotatable bonds is 9. The highest BCUT2D eigenvalue weighted by atomic mass is 32.2. The molecule has 0 aromatic heterocycles. The molecular weight excluding hydrogens is 372 g/mol. The lowest BCUT2D eigenvalue weighted by Gasteiger charge is -2.18. The molecule has 0 spiro atoms. The maximum Gasteiger partial charge on any atom is 0.312 e. The van der Waals surface area contributed by atoms with E-state index in [0.29, 0.717) is 11.3 Å². The van der Waals surface area contributed by atoms with Gasteiger partial charge in [-0.15, -0.1) is 0 Å². The first-order chi connectivity index (χ1) is 12.8. The van der Waals surface area contributed by atoms with E-state index in [1.165, 1.54) is 23.5 Å². The zero-order valence-electron chi connectivity index (χ0n) is 15.4. The highest BCUT2D eigenvalue weighted by Crippen LogP contribution is 2.32. The van der Waals surface area contributed by atoms with Crippen molar-refractivity contribution in [2.75, 3.05) is 20.2 Å². The molecule has 8 nitrogen and oxygen atoms in total. The average molecular weight is 394 g/mol. The molecule has 2 aromatic carbocycles. The van der Waals surface area contributed by atoms with Gasteiger partial charge in [-0.3, -0.25) is 10.1 Å². The van der Waals surface area contributed by atoms with Gasteiger partial charge in [0.1, 0.15) is 12.4 Å². The highest BCUT2D eigenvalue weighted by molar-refractivity contribution is 7.89. The third kappa shape index (κ3) is 4.55. The first kappa shape index (κ1) is 20.7. The van der Waals surface area contributed by atoms with Crippen molar-refractivity contribution in [1.82, 2.24) is 4.31 Å². The molecule has 0 heterocycles. The lowest BCUT2D eigenvalue weighted by Crippen LogP contribution is -2.30. The Hall–Kier alpha value is -2.65. The van der Waals surface area contributed by atoms with Crippen molar-refractivity contribution >= 4 is 15.7 Å². The second kappa shape index (κ2) is 8.83. The van der Waals surface area contributed by atoms with Crippen LogP contribution in [0.25, 0.3) is 0 Å². The molecule has 0 unspecified atom stereocenters. The maximum atomic E-state index is 12.6. The predicted octanol–water partition coefficient (Wildman–Crippen LogP) is 3.21. The first-order valence-electron chi connectivity index (χ1n) is 8.38. The number of methoxy groups -OCH3 is 1. The Bertz CT molecular complexity index is 910. The second-order valence-corrected chi connectivity index (χ2v) is 7.51. The van der Waals surface area contributed by atoms with Crippen molar-refractivity contribution in [3.05, 3.63) is 58.1 Å². The number of hydrogen-bond donors (Lipinski definition) is 0. The van der Waals surface area contributed by atoms with Gasteiger partial charge in [-0.1, -0.05) is 32.0 Å². The number of ether oxygens (including phenoxy) is 2. The van der Waals surface area contributed by atoms with E-state index in [2.05, 4.69) is 0 Å². The summed E-state index contributed by atoms with van der Waals surface area (Å²) in [6.07, 6.45) is 0. The number of sulfonamides is 1. The van der Waals surface area contributed by atoms with Crippen molar-refractivity contribution in [2.45, 2.75) is 25.3 Å². The Labute approximate surface area is 158 Å². The van der Waals surface area contributed by atoms with E-state index in [1.54, 1.807) is 38.1 Å². The molecule has 27 heavy (non-hydrogen) atoms. The smallest absolute Gasteiger partial charge is 0.312 e. The van der Waals surface area contributed by atoms with Crippen molar-refractivity contribution in [2.24, 2.45) is 0 Å². The van der Waals surface area contributed by atoms with Gasteiger partial charge >= 0.3 is 5.69 Å². The Balaban J connectivity index is 2.35. The standard InChI is InChI=1S/C18H22N2O6S/c1-4-19(5-2)27(23,24)15-10-11-18(16(12-15)20(21)22)26-13-14-8-6-7-9-17(14)25-3/h6-12H,4-5,13H2,1-3H3. The predicted molar refractivity (Wildman–Crippen MR) is 101 cm³/mol. The summed E-state index contributed by atoms with van der Waals surface area (Å²) in [5.74, 6) is 0.588. The molecule has 0 aliphatic rings. The van der Waals surface area contributed by atoms with Crippen molar-refractivity contribution in [3.8, 4) is 11.5 Å². The topological polar surface area (TPSA) is 99.0 Å². The van der Waals surface area contributed by atoms with E-state index in [-0.39, 0.29) is 30.3 Å². The van der Waals surface area contributed by atoms with Crippen molar-refractivity contribution < 1.29 is 22.8 Å². The lowest BCUT2D eigenvalue weighted by molar-refractivity contribution is -0.386. The van der Waals surface area contributed by atoms with Crippen molar-refractivity contribution in [1.29, 1.82) is 0 Å². The number of para-hydroxylation sites is 1. The number of nitro benzene ring substituents is 1. The molecule has 0 saturated heterocycles. The van der Waals surface area contributed by atoms with Gasteiger partial charge in [0.05, 0.1) is 16.9 Å². The van der Waals surface area contributed by atoms with E-state index in [4.69, 9.17) is 9.47 Å². The van der Waals surface area contributed by atoms with Crippen LogP contribution in [0, 0.1) is 10.1 Å². The van der Waals surface area contributed by atoms with Crippen LogP contribution < -0.4 is 9.47 Å². The van der Waals surface area contributed by atoms with Crippen LogP contribution in [-0.2, 0) is 16.6 Å². The Morgan fingerprint density at radius 3 is 2.33 bits per heavy atom. The Kier molecular flexibility index (Phi) is 6.75. The minimum atomic E-state index is -3.80. The van der Waals surface area contributed by atoms with Gasteiger partial charge in [0, 0.05) is 24.7 Å². The fourth-order valence-corrected chi connectivity index (χ4v) is 4.09. The molecule has 0 fully saturated rings. The van der Waals surface area contributed by atoms with Crippen LogP contribution in [-0.4, -0.2) is 37.8 Å². The highest BCUT2D eigenvalue weighted by Gasteiger charge is 2.26. The molecule has 9 heteroatoms. The summed E-state index contributed by atoms with van der Waals surface area (Å²) in [6, 6.07) is 10.8. The largest absolute Gasteiger partial charge is 0.496 e. The van der Waals surface area contributed by atoms with Crippen molar-refractivity contribution in [3.63, 3.8) is 0 Å². The van der Waals surface area contributed by atoms with Gasteiger partial charge < -0.3 is 9.47 Å². The fourth-order valence-electron chi connectivity index (χ4n) is 2.61. The SMILES string of the molecule is CCN(CC)S(=O)(=O)c1ccc(OCc2ccccc2OC)c([N+](=O)[O-])c1. The molecule has 0 N–H and O–H groups in total. The number of benzene rings is 2. The zero-order chi connectivity index (χ0) is 20.0. The van der Waals surface area contributed by atoms with Gasteiger partial charge in [-0.25, -0.2) is 8.42 Å². The molecule has 2 aromatic rings. The summed E-state index contributed by atoms with van der Waals surface area (Å²) in [6.45, 7) is 4.02. The second-order valence-electron chi connectivity index (χ2n) is 5.58. The fraction of sp³-hybridized carbons (Fsp3) is 0.333. The minimum absolute atomic E-state index is 0.00981. The molecule has 0 aliphatic carbocycles. The van der Waals surface area contributed by atoms with E-state index < -0.39 is 20.6 Å². The summed E-state index contributed by atoms with van der Waals surface area (Å²) in [5, 5.41) is 11.4. The average Bonchev–Trinajstić information content (AvgIpc) is 2.67. The molecule has 0 saturated carbocycles. The zero-order valence-corrected chi connectivity index (χ0v) is 16.2. The van der Waals surface area contributed by atoms with E-state index in [0.717, 1.165) is 6.07 Å². The first-order valence-corrected chi connectivity index (χ1v) is 9.82. The summed E-state index contributed by atoms with van der Waals surface area (Å²) in [4.78, 5) is 10.6. The third-order valence-corrected chi connectivity index (χ3v) is 6.09. The normalized spacial score (nSPS) is 11.4. The quantitative estimate of drug-likeness (QED) is 0.478. The Morgan fingerprint density at radius 2 is 1.74 bits per heavy atom. The molecule has 146 valence electrons. The van der Waals surface area contributed by atoms with Crippen LogP contribution in [0.15, 0.2) is 47.4 Å². The van der Waals surface area contributed by atoms with Gasteiger partial charge in [0.25, 0.3) is 0 Å². The maximum absolute atomic E-state index is 12.6. The number of hydrogen-bond acceptors (Lipinski definition) is 6. The molecule has 0 radical (unpaired) electrons. The summed E-state index contributed by atoms with van der Waals surface area (Å²) >= 11 is 0. The van der Waals surface area contributed by atoms with Gasteiger partial charge in [0.2, 0.25) is 10.0 Å². The van der Waals surface area contributed by atoms with Gasteiger partial charge in [-0.2, -0.15) is 4.31 Å².